The molecule has 3 heterocycles. The van der Waals surface area contributed by atoms with Crippen LogP contribution >= 0.6 is 0 Å². The molecule has 0 bridgehead atoms. The molecule has 0 radical (unpaired) electrons. The lowest BCUT2D eigenvalue weighted by Crippen LogP contribution is -2.31. The zero-order valence-electron chi connectivity index (χ0n) is 14.7. The molecule has 1 atom stereocenters. The summed E-state index contributed by atoms with van der Waals surface area (Å²) in [6.07, 6.45) is 6.06. The monoisotopic (exact) mass is 344 g/mol. The summed E-state index contributed by atoms with van der Waals surface area (Å²) < 4.78 is 1.32. The van der Waals surface area contributed by atoms with E-state index in [1.165, 1.54) is 4.68 Å². The molecule has 1 aliphatic heterocycles. The van der Waals surface area contributed by atoms with Crippen LogP contribution < -0.4 is 15.8 Å². The molecule has 0 aliphatic carbocycles. The van der Waals surface area contributed by atoms with Crippen LogP contribution in [0.5, 0.6) is 0 Å². The fraction of sp³-hybridized carbons (Fsp3) is 0.529. The van der Waals surface area contributed by atoms with E-state index in [0.29, 0.717) is 18.0 Å². The molecule has 1 aliphatic rings. The fourth-order valence-corrected chi connectivity index (χ4v) is 3.15. The van der Waals surface area contributed by atoms with Crippen molar-refractivity contribution < 1.29 is 4.79 Å². The van der Waals surface area contributed by atoms with E-state index in [1.807, 2.05) is 0 Å². The van der Waals surface area contributed by atoms with E-state index in [1.54, 1.807) is 25.5 Å². The van der Waals surface area contributed by atoms with E-state index in [2.05, 4.69) is 32.4 Å². The van der Waals surface area contributed by atoms with E-state index >= 15 is 0 Å². The van der Waals surface area contributed by atoms with Gasteiger partial charge in [-0.15, -0.1) is 0 Å². The average molecular weight is 344 g/mol. The highest BCUT2D eigenvalue weighted by molar-refractivity contribution is 5.95. The number of carbonyl (C=O) groups excluding carboxylic acids is 1. The van der Waals surface area contributed by atoms with Crippen molar-refractivity contribution in [2.24, 2.45) is 13.0 Å². The third kappa shape index (κ3) is 3.89. The smallest absolute Gasteiger partial charge is 0.268 e. The predicted molar refractivity (Wildman–Crippen MR) is 94.7 cm³/mol. The lowest BCUT2D eigenvalue weighted by molar-refractivity contribution is 0.0947. The van der Waals surface area contributed by atoms with E-state index in [-0.39, 0.29) is 11.5 Å². The number of aromatic amines is 1. The van der Waals surface area contributed by atoms with Crippen molar-refractivity contribution in [2.45, 2.75) is 26.2 Å². The molecular weight excluding hydrogens is 320 g/mol. The van der Waals surface area contributed by atoms with Crippen LogP contribution in [0.4, 0.5) is 5.69 Å². The van der Waals surface area contributed by atoms with Crippen molar-refractivity contribution >= 4 is 11.6 Å². The second-order valence-electron chi connectivity index (χ2n) is 6.50. The largest absolute Gasteiger partial charge is 0.370 e. The van der Waals surface area contributed by atoms with Crippen LogP contribution in [-0.2, 0) is 13.5 Å². The molecule has 134 valence electrons. The van der Waals surface area contributed by atoms with Gasteiger partial charge >= 0.3 is 0 Å². The molecule has 8 nitrogen and oxygen atoms in total. The molecule has 0 spiro atoms. The number of hydrogen-bond donors (Lipinski definition) is 2. The maximum absolute atomic E-state index is 12.4. The number of aromatic nitrogens is 4. The molecule has 3 rings (SSSR count). The highest BCUT2D eigenvalue weighted by atomic mass is 16.1. The number of nitrogens with zero attached hydrogens (tertiary/aromatic N) is 4. The Morgan fingerprint density at radius 3 is 3.04 bits per heavy atom. The SMILES string of the molecule is CCCc1[nH]ncc1C(=O)NC[C@H]1CCN(c2cnn(C)c(=O)c2)C1. The van der Waals surface area contributed by atoms with Crippen molar-refractivity contribution in [1.82, 2.24) is 25.3 Å². The Morgan fingerprint density at radius 2 is 2.28 bits per heavy atom. The number of aryl methyl sites for hydroxylation is 2. The Bertz CT molecular complexity index is 796. The zero-order valence-corrected chi connectivity index (χ0v) is 14.7. The third-order valence-corrected chi connectivity index (χ3v) is 4.62. The lowest BCUT2D eigenvalue weighted by atomic mass is 10.1. The number of rotatable bonds is 6. The van der Waals surface area contributed by atoms with Crippen LogP contribution in [0.2, 0.25) is 0 Å². The highest BCUT2D eigenvalue weighted by Crippen LogP contribution is 2.21. The first-order chi connectivity index (χ1) is 12.1. The minimum Gasteiger partial charge on any atom is -0.370 e. The van der Waals surface area contributed by atoms with Crippen molar-refractivity contribution in [1.29, 1.82) is 0 Å². The van der Waals surface area contributed by atoms with Crippen LogP contribution in [0.3, 0.4) is 0 Å². The van der Waals surface area contributed by atoms with Gasteiger partial charge in [-0.05, 0) is 18.8 Å². The summed E-state index contributed by atoms with van der Waals surface area (Å²) in [5.41, 5.74) is 2.25. The average Bonchev–Trinajstić information content (AvgIpc) is 3.25. The Labute approximate surface area is 146 Å². The molecule has 25 heavy (non-hydrogen) atoms. The second kappa shape index (κ2) is 7.50. The number of H-pyrrole nitrogens is 1. The number of carbonyl (C=O) groups is 1. The number of hydrogen-bond acceptors (Lipinski definition) is 5. The van der Waals surface area contributed by atoms with E-state index < -0.39 is 0 Å². The summed E-state index contributed by atoms with van der Waals surface area (Å²) >= 11 is 0. The Kier molecular flexibility index (Phi) is 5.16. The van der Waals surface area contributed by atoms with Gasteiger partial charge in [0.15, 0.2) is 0 Å². The van der Waals surface area contributed by atoms with Gasteiger partial charge in [-0.2, -0.15) is 10.2 Å². The molecule has 0 unspecified atom stereocenters. The van der Waals surface area contributed by atoms with Crippen LogP contribution in [-0.4, -0.2) is 45.5 Å². The van der Waals surface area contributed by atoms with Gasteiger partial charge in [0.2, 0.25) is 0 Å². The summed E-state index contributed by atoms with van der Waals surface area (Å²) in [7, 11) is 1.64. The van der Waals surface area contributed by atoms with Gasteiger partial charge in [-0.1, -0.05) is 13.3 Å². The molecule has 2 aromatic rings. The van der Waals surface area contributed by atoms with Crippen molar-refractivity contribution in [3.63, 3.8) is 0 Å². The maximum Gasteiger partial charge on any atom is 0.268 e. The van der Waals surface area contributed by atoms with Gasteiger partial charge in [0.25, 0.3) is 11.5 Å². The van der Waals surface area contributed by atoms with Gasteiger partial charge in [0.1, 0.15) is 0 Å². The van der Waals surface area contributed by atoms with Crippen molar-refractivity contribution in [3.8, 4) is 0 Å². The van der Waals surface area contributed by atoms with Gasteiger partial charge in [0, 0.05) is 38.4 Å². The van der Waals surface area contributed by atoms with E-state index in [0.717, 1.165) is 43.7 Å². The summed E-state index contributed by atoms with van der Waals surface area (Å²) in [4.78, 5) is 26.2. The lowest BCUT2D eigenvalue weighted by Gasteiger charge is -2.18. The number of anilines is 1. The molecule has 0 aromatic carbocycles. The van der Waals surface area contributed by atoms with Gasteiger partial charge in [-0.25, -0.2) is 4.68 Å². The standard InChI is InChI=1S/C17H24N6O2/c1-3-4-15-14(10-19-21-15)17(25)18-8-12-5-6-23(11-12)13-7-16(24)22(2)20-9-13/h7,9-10,12H,3-6,8,11H2,1-2H3,(H,18,25)(H,19,21)/t12-/m1/s1. The summed E-state index contributed by atoms with van der Waals surface area (Å²) in [6, 6.07) is 1.61. The summed E-state index contributed by atoms with van der Waals surface area (Å²) in [5, 5.41) is 13.9. The molecule has 1 fully saturated rings. The molecule has 0 saturated carbocycles. The van der Waals surface area contributed by atoms with Gasteiger partial charge < -0.3 is 10.2 Å². The maximum atomic E-state index is 12.4. The summed E-state index contributed by atoms with van der Waals surface area (Å²) in [5.74, 6) is 0.278. The van der Waals surface area contributed by atoms with Crippen molar-refractivity contribution in [3.05, 3.63) is 40.1 Å². The normalized spacial score (nSPS) is 17.0. The highest BCUT2D eigenvalue weighted by Gasteiger charge is 2.24. The van der Waals surface area contributed by atoms with E-state index in [4.69, 9.17) is 0 Å². The van der Waals surface area contributed by atoms with Crippen LogP contribution in [0, 0.1) is 5.92 Å². The van der Waals surface area contributed by atoms with Crippen LogP contribution in [0.15, 0.2) is 23.3 Å². The molecule has 1 amide bonds. The number of nitrogens with one attached hydrogen (secondary N) is 2. The molecular formula is C17H24N6O2. The van der Waals surface area contributed by atoms with Gasteiger partial charge in [0.05, 0.1) is 23.6 Å². The predicted octanol–water partition coefficient (Wildman–Crippen LogP) is 0.712. The first-order valence-corrected chi connectivity index (χ1v) is 8.67. The first-order valence-electron chi connectivity index (χ1n) is 8.67. The van der Waals surface area contributed by atoms with Crippen molar-refractivity contribution in [2.75, 3.05) is 24.5 Å². The first kappa shape index (κ1) is 17.2. The Morgan fingerprint density at radius 1 is 1.44 bits per heavy atom. The Hall–Kier alpha value is -2.64. The Balaban J connectivity index is 1.54. The molecule has 8 heteroatoms. The molecule has 1 saturated heterocycles. The van der Waals surface area contributed by atoms with Crippen LogP contribution in [0.25, 0.3) is 0 Å². The minimum atomic E-state index is -0.113. The zero-order chi connectivity index (χ0) is 17.8. The van der Waals surface area contributed by atoms with Gasteiger partial charge in [-0.3, -0.25) is 14.7 Å². The van der Waals surface area contributed by atoms with Crippen LogP contribution in [0.1, 0.15) is 35.8 Å². The molecule has 2 aromatic heterocycles. The minimum absolute atomic E-state index is 0.0779. The second-order valence-corrected chi connectivity index (χ2v) is 6.50. The topological polar surface area (TPSA) is 95.9 Å². The van der Waals surface area contributed by atoms with E-state index in [9.17, 15) is 9.59 Å². The molecule has 2 N–H and O–H groups in total. The third-order valence-electron chi connectivity index (χ3n) is 4.62. The quantitative estimate of drug-likeness (QED) is 0.805. The number of amides is 1. The summed E-state index contributed by atoms with van der Waals surface area (Å²) in [6.45, 7) is 4.36. The fourth-order valence-electron chi connectivity index (χ4n) is 3.15.